The maximum atomic E-state index is 11.9. The molecule has 0 aromatic heterocycles. The van der Waals surface area contributed by atoms with Crippen LogP contribution in [0, 0.1) is 0 Å². The average Bonchev–Trinajstić information content (AvgIpc) is 2.54. The van der Waals surface area contributed by atoms with E-state index in [4.69, 9.17) is 0 Å². The van der Waals surface area contributed by atoms with Gasteiger partial charge in [0.05, 0.1) is 0 Å². The molecule has 2 amide bonds. The zero-order chi connectivity index (χ0) is 16.5. The summed E-state index contributed by atoms with van der Waals surface area (Å²) in [6.07, 6.45) is 1.89. The van der Waals surface area contributed by atoms with Crippen molar-refractivity contribution in [2.45, 2.75) is 33.6 Å². The molecule has 0 radical (unpaired) electrons. The van der Waals surface area contributed by atoms with Crippen molar-refractivity contribution < 1.29 is 9.59 Å². The molecular weight excluding hydrogens is 278 g/mol. The Kier molecular flexibility index (Phi) is 7.43. The molecule has 0 aliphatic carbocycles. The molecule has 1 aromatic rings. The number of anilines is 2. The van der Waals surface area contributed by atoms with Crippen molar-refractivity contribution in [2.75, 3.05) is 36.9 Å². The lowest BCUT2D eigenvalue weighted by molar-refractivity contribution is -0.142. The number of likely N-dealkylation sites (N-methyl/N-ethyl adjacent to an activating group) is 1. The third-order valence-electron chi connectivity index (χ3n) is 3.64. The molecule has 122 valence electrons. The summed E-state index contributed by atoms with van der Waals surface area (Å²) in [7, 11) is 1.65. The highest BCUT2D eigenvalue weighted by Crippen LogP contribution is 2.17. The van der Waals surface area contributed by atoms with Gasteiger partial charge in [-0.3, -0.25) is 9.59 Å². The molecule has 0 fully saturated rings. The van der Waals surface area contributed by atoms with Crippen LogP contribution in [-0.2, 0) is 9.59 Å². The first-order valence-electron chi connectivity index (χ1n) is 7.94. The van der Waals surface area contributed by atoms with Gasteiger partial charge in [0.1, 0.15) is 0 Å². The fraction of sp³-hybridized carbons (Fsp3) is 0.529. The van der Waals surface area contributed by atoms with Crippen LogP contribution in [0.1, 0.15) is 33.6 Å². The van der Waals surface area contributed by atoms with Crippen molar-refractivity contribution in [1.82, 2.24) is 4.90 Å². The monoisotopic (exact) mass is 305 g/mol. The van der Waals surface area contributed by atoms with Crippen molar-refractivity contribution in [1.29, 1.82) is 0 Å². The van der Waals surface area contributed by atoms with Gasteiger partial charge in [-0.25, -0.2) is 0 Å². The van der Waals surface area contributed by atoms with E-state index in [1.165, 1.54) is 4.90 Å². The minimum atomic E-state index is -0.589. The summed E-state index contributed by atoms with van der Waals surface area (Å²) < 4.78 is 0. The third-order valence-corrected chi connectivity index (χ3v) is 3.64. The molecule has 0 atom stereocenters. The van der Waals surface area contributed by atoms with E-state index >= 15 is 0 Å². The van der Waals surface area contributed by atoms with E-state index in [9.17, 15) is 9.59 Å². The van der Waals surface area contributed by atoms with Gasteiger partial charge in [0.2, 0.25) is 0 Å². The first-order chi connectivity index (χ1) is 10.5. The van der Waals surface area contributed by atoms with Crippen molar-refractivity contribution in [2.24, 2.45) is 0 Å². The maximum Gasteiger partial charge on any atom is 0.313 e. The molecule has 1 aromatic carbocycles. The van der Waals surface area contributed by atoms with Crippen LogP contribution in [0.4, 0.5) is 11.4 Å². The second-order valence-electron chi connectivity index (χ2n) is 5.25. The molecule has 22 heavy (non-hydrogen) atoms. The van der Waals surface area contributed by atoms with Crippen LogP contribution in [0.25, 0.3) is 0 Å². The highest BCUT2D eigenvalue weighted by atomic mass is 16.2. The number of hydrogen-bond donors (Lipinski definition) is 1. The number of carbonyl (C=O) groups excluding carboxylic acids is 2. The van der Waals surface area contributed by atoms with Crippen molar-refractivity contribution in [3.8, 4) is 0 Å². The molecule has 0 aliphatic heterocycles. The van der Waals surface area contributed by atoms with Crippen LogP contribution in [0.15, 0.2) is 24.3 Å². The number of nitrogens with zero attached hydrogens (tertiary/aromatic N) is 2. The van der Waals surface area contributed by atoms with Crippen molar-refractivity contribution in [3.05, 3.63) is 24.3 Å². The Labute approximate surface area is 133 Å². The molecule has 1 rings (SSSR count). The Morgan fingerprint density at radius 1 is 1.05 bits per heavy atom. The lowest BCUT2D eigenvalue weighted by Gasteiger charge is -2.21. The van der Waals surface area contributed by atoms with E-state index in [0.29, 0.717) is 12.2 Å². The fourth-order valence-corrected chi connectivity index (χ4v) is 2.20. The normalized spacial score (nSPS) is 10.2. The quantitative estimate of drug-likeness (QED) is 0.788. The van der Waals surface area contributed by atoms with E-state index in [1.54, 1.807) is 7.05 Å². The Balaban J connectivity index is 2.63. The van der Waals surface area contributed by atoms with Gasteiger partial charge in [0.15, 0.2) is 0 Å². The first kappa shape index (κ1) is 18.0. The minimum absolute atomic E-state index is 0.499. The second kappa shape index (κ2) is 9.07. The molecule has 0 saturated carbocycles. The van der Waals surface area contributed by atoms with E-state index in [0.717, 1.165) is 31.6 Å². The first-order valence-corrected chi connectivity index (χ1v) is 7.94. The minimum Gasteiger partial charge on any atom is -0.372 e. The predicted molar refractivity (Wildman–Crippen MR) is 91.2 cm³/mol. The summed E-state index contributed by atoms with van der Waals surface area (Å²) in [4.78, 5) is 27.5. The number of carbonyl (C=O) groups is 2. The number of unbranched alkanes of at least 4 members (excludes halogenated alkanes) is 1. The number of nitrogens with one attached hydrogen (secondary N) is 1. The van der Waals surface area contributed by atoms with Crippen molar-refractivity contribution in [3.63, 3.8) is 0 Å². The van der Waals surface area contributed by atoms with Gasteiger partial charge in [-0.2, -0.15) is 0 Å². The molecule has 0 heterocycles. The summed E-state index contributed by atoms with van der Waals surface area (Å²) in [5, 5.41) is 2.65. The van der Waals surface area contributed by atoms with E-state index < -0.39 is 11.8 Å². The molecular formula is C17H27N3O2. The molecule has 0 saturated heterocycles. The lowest BCUT2D eigenvalue weighted by atomic mass is 10.2. The topological polar surface area (TPSA) is 52.7 Å². The zero-order valence-electron chi connectivity index (χ0n) is 14.1. The Bertz CT molecular complexity index is 481. The standard InChI is InChI=1S/C17H27N3O2/c1-5-8-13-19(4)17(22)16(21)18-14-9-11-15(12-10-14)20(6-2)7-3/h9-12H,5-8,13H2,1-4H3,(H,18,21). The van der Waals surface area contributed by atoms with Gasteiger partial charge in [0, 0.05) is 38.1 Å². The van der Waals surface area contributed by atoms with Gasteiger partial charge < -0.3 is 15.1 Å². The Hall–Kier alpha value is -2.04. The maximum absolute atomic E-state index is 11.9. The van der Waals surface area contributed by atoms with Gasteiger partial charge >= 0.3 is 11.8 Å². The van der Waals surface area contributed by atoms with E-state index in [-0.39, 0.29) is 0 Å². The smallest absolute Gasteiger partial charge is 0.313 e. The molecule has 0 unspecified atom stereocenters. The van der Waals surface area contributed by atoms with E-state index in [2.05, 4.69) is 31.0 Å². The number of hydrogen-bond acceptors (Lipinski definition) is 3. The van der Waals surface area contributed by atoms with Gasteiger partial charge in [-0.1, -0.05) is 13.3 Å². The summed E-state index contributed by atoms with van der Waals surface area (Å²) in [5.41, 5.74) is 1.74. The van der Waals surface area contributed by atoms with Crippen LogP contribution in [0.5, 0.6) is 0 Å². The third kappa shape index (κ3) is 5.06. The Morgan fingerprint density at radius 3 is 2.14 bits per heavy atom. The second-order valence-corrected chi connectivity index (χ2v) is 5.25. The molecule has 1 N–H and O–H groups in total. The molecule has 0 aliphatic rings. The SMILES string of the molecule is CCCCN(C)C(=O)C(=O)Nc1ccc(N(CC)CC)cc1. The zero-order valence-corrected chi connectivity index (χ0v) is 14.1. The molecule has 0 bridgehead atoms. The van der Waals surface area contributed by atoms with Crippen LogP contribution in [-0.4, -0.2) is 43.4 Å². The fourth-order valence-electron chi connectivity index (χ4n) is 2.20. The van der Waals surface area contributed by atoms with Crippen LogP contribution >= 0.6 is 0 Å². The lowest BCUT2D eigenvalue weighted by Crippen LogP contribution is -2.37. The Morgan fingerprint density at radius 2 is 1.64 bits per heavy atom. The summed E-state index contributed by atoms with van der Waals surface area (Å²) in [5.74, 6) is -1.09. The highest BCUT2D eigenvalue weighted by molar-refractivity contribution is 6.39. The summed E-state index contributed by atoms with van der Waals surface area (Å²) >= 11 is 0. The van der Waals surface area contributed by atoms with Crippen molar-refractivity contribution >= 4 is 23.2 Å². The molecule has 5 nitrogen and oxygen atoms in total. The van der Waals surface area contributed by atoms with Gasteiger partial charge in [-0.15, -0.1) is 0 Å². The number of benzene rings is 1. The molecule has 0 spiro atoms. The number of rotatable bonds is 7. The van der Waals surface area contributed by atoms with Gasteiger partial charge in [-0.05, 0) is 44.5 Å². The van der Waals surface area contributed by atoms with Crippen LogP contribution in [0.2, 0.25) is 0 Å². The molecule has 5 heteroatoms. The highest BCUT2D eigenvalue weighted by Gasteiger charge is 2.18. The van der Waals surface area contributed by atoms with Crippen LogP contribution in [0.3, 0.4) is 0 Å². The van der Waals surface area contributed by atoms with Gasteiger partial charge in [0.25, 0.3) is 0 Å². The summed E-state index contributed by atoms with van der Waals surface area (Å²) in [6, 6.07) is 7.55. The average molecular weight is 305 g/mol. The number of amides is 2. The summed E-state index contributed by atoms with van der Waals surface area (Å²) in [6.45, 7) is 8.72. The largest absolute Gasteiger partial charge is 0.372 e. The van der Waals surface area contributed by atoms with E-state index in [1.807, 2.05) is 24.3 Å². The van der Waals surface area contributed by atoms with Crippen LogP contribution < -0.4 is 10.2 Å². The predicted octanol–water partition coefficient (Wildman–Crippen LogP) is 2.73.